The third-order valence-corrected chi connectivity index (χ3v) is 5.55. The summed E-state index contributed by atoms with van der Waals surface area (Å²) in [6, 6.07) is 0. The van der Waals surface area contributed by atoms with Crippen LogP contribution >= 0.6 is 11.3 Å². The highest BCUT2D eigenvalue weighted by Crippen LogP contribution is 2.35. The molecule has 3 aromatic heterocycles. The molecule has 0 aliphatic heterocycles. The van der Waals surface area contributed by atoms with Crippen LogP contribution < -0.4 is 5.56 Å². The Balaban J connectivity index is 1.81. The minimum absolute atomic E-state index is 0.0430. The number of rotatable bonds is 4. The molecule has 1 aliphatic carbocycles. The van der Waals surface area contributed by atoms with E-state index in [1.165, 1.54) is 22.5 Å². The number of nitrogens with one attached hydrogen (secondary N) is 2. The van der Waals surface area contributed by atoms with Crippen molar-refractivity contribution in [2.45, 2.75) is 26.2 Å². The highest BCUT2D eigenvalue weighted by Gasteiger charge is 2.21. The van der Waals surface area contributed by atoms with Gasteiger partial charge in [0, 0.05) is 34.6 Å². The van der Waals surface area contributed by atoms with Gasteiger partial charge in [-0.3, -0.25) is 4.79 Å². The summed E-state index contributed by atoms with van der Waals surface area (Å²) in [5.74, 6) is 0. The Morgan fingerprint density at radius 1 is 1.28 bits per heavy atom. The number of aryl methyl sites for hydroxylation is 2. The molecule has 0 aromatic carbocycles. The Morgan fingerprint density at radius 3 is 3.00 bits per heavy atom. The zero-order chi connectivity index (χ0) is 17.4. The lowest BCUT2D eigenvalue weighted by atomic mass is 10.1. The molecule has 3 aromatic rings. The second-order valence-electron chi connectivity index (χ2n) is 6.22. The van der Waals surface area contributed by atoms with Gasteiger partial charge in [-0.2, -0.15) is 0 Å². The van der Waals surface area contributed by atoms with E-state index in [1.54, 1.807) is 6.08 Å². The van der Waals surface area contributed by atoms with Crippen molar-refractivity contribution >= 4 is 17.4 Å². The van der Waals surface area contributed by atoms with Crippen molar-refractivity contribution in [1.29, 1.82) is 0 Å². The van der Waals surface area contributed by atoms with E-state index in [9.17, 15) is 4.79 Å². The van der Waals surface area contributed by atoms with E-state index in [0.717, 1.165) is 52.3 Å². The molecule has 0 atom stereocenters. The molecule has 0 spiro atoms. The van der Waals surface area contributed by atoms with E-state index in [2.05, 4.69) is 16.5 Å². The minimum atomic E-state index is -0.0430. The molecule has 0 saturated carbocycles. The van der Waals surface area contributed by atoms with Gasteiger partial charge in [0.05, 0.1) is 11.3 Å². The molecule has 0 saturated heterocycles. The van der Waals surface area contributed by atoms with Crippen LogP contribution in [0.2, 0.25) is 0 Å². The second-order valence-corrected chi connectivity index (χ2v) is 7.08. The number of hydrogen-bond acceptors (Lipinski definition) is 3. The van der Waals surface area contributed by atoms with Crippen LogP contribution in [0.5, 0.6) is 0 Å². The molecular formula is C20H19N3OS. The highest BCUT2D eigenvalue weighted by atomic mass is 32.1. The van der Waals surface area contributed by atoms with Crippen LogP contribution in [0.4, 0.5) is 0 Å². The third kappa shape index (κ3) is 2.70. The van der Waals surface area contributed by atoms with Crippen molar-refractivity contribution in [2.24, 2.45) is 0 Å². The van der Waals surface area contributed by atoms with Gasteiger partial charge in [-0.25, -0.2) is 4.98 Å². The molecule has 4 nitrogen and oxygen atoms in total. The van der Waals surface area contributed by atoms with Crippen molar-refractivity contribution in [3.63, 3.8) is 0 Å². The Bertz CT molecular complexity index is 1040. The Morgan fingerprint density at radius 2 is 2.16 bits per heavy atom. The Kier molecular flexibility index (Phi) is 4.01. The van der Waals surface area contributed by atoms with Crippen molar-refractivity contribution in [3.05, 3.63) is 69.2 Å². The number of aromatic amines is 2. The Hall–Kier alpha value is -2.66. The number of thiazole rings is 1. The standard InChI is InChI=1S/C20H19N3OS/c1-3-4-7-14-12(2)21-10-16(14)17-11-25-20(23-17)18-15-8-5-6-13(15)9-22-19(18)24/h3-4,7,9-11,21H,1,5-6,8H2,2H3,(H,22,24)/b7-4-. The lowest BCUT2D eigenvalue weighted by Crippen LogP contribution is -2.11. The number of nitrogens with zero attached hydrogens (tertiary/aromatic N) is 1. The zero-order valence-corrected chi connectivity index (χ0v) is 14.9. The molecule has 3 heterocycles. The van der Waals surface area contributed by atoms with Crippen molar-refractivity contribution < 1.29 is 0 Å². The summed E-state index contributed by atoms with van der Waals surface area (Å²) in [6.45, 7) is 5.77. The van der Waals surface area contributed by atoms with Gasteiger partial charge < -0.3 is 9.97 Å². The first-order valence-corrected chi connectivity index (χ1v) is 9.23. The molecular weight excluding hydrogens is 330 g/mol. The third-order valence-electron chi connectivity index (χ3n) is 4.69. The highest BCUT2D eigenvalue weighted by molar-refractivity contribution is 7.13. The molecule has 0 amide bonds. The molecule has 0 radical (unpaired) electrons. The quantitative estimate of drug-likeness (QED) is 0.682. The van der Waals surface area contributed by atoms with Crippen LogP contribution in [0.3, 0.4) is 0 Å². The van der Waals surface area contributed by atoms with Crippen molar-refractivity contribution in [3.8, 4) is 21.8 Å². The van der Waals surface area contributed by atoms with E-state index >= 15 is 0 Å². The second kappa shape index (κ2) is 6.33. The fraction of sp³-hybridized carbons (Fsp3) is 0.200. The van der Waals surface area contributed by atoms with Gasteiger partial charge in [0.25, 0.3) is 5.56 Å². The molecule has 4 rings (SSSR count). The number of hydrogen-bond donors (Lipinski definition) is 2. The van der Waals surface area contributed by atoms with Crippen LogP contribution in [-0.4, -0.2) is 15.0 Å². The molecule has 25 heavy (non-hydrogen) atoms. The maximum atomic E-state index is 12.4. The van der Waals surface area contributed by atoms with E-state index in [4.69, 9.17) is 4.98 Å². The number of fused-ring (bicyclic) bond motifs is 1. The molecule has 1 aliphatic rings. The Labute approximate surface area is 150 Å². The monoisotopic (exact) mass is 349 g/mol. The number of allylic oxidation sites excluding steroid dienone is 2. The molecule has 126 valence electrons. The van der Waals surface area contributed by atoms with Crippen LogP contribution in [0, 0.1) is 6.92 Å². The molecule has 0 bridgehead atoms. The van der Waals surface area contributed by atoms with Crippen LogP contribution in [0.25, 0.3) is 27.9 Å². The molecule has 0 fully saturated rings. The fourth-order valence-corrected chi connectivity index (χ4v) is 4.33. The van der Waals surface area contributed by atoms with Gasteiger partial charge in [-0.1, -0.05) is 24.8 Å². The lowest BCUT2D eigenvalue weighted by molar-refractivity contribution is 0.911. The van der Waals surface area contributed by atoms with Gasteiger partial charge >= 0.3 is 0 Å². The zero-order valence-electron chi connectivity index (χ0n) is 14.1. The molecule has 5 heteroatoms. The van der Waals surface area contributed by atoms with E-state index in [1.807, 2.05) is 36.8 Å². The van der Waals surface area contributed by atoms with E-state index < -0.39 is 0 Å². The number of H-pyrrole nitrogens is 2. The summed E-state index contributed by atoms with van der Waals surface area (Å²) in [5, 5.41) is 2.82. The van der Waals surface area contributed by atoms with Gasteiger partial charge in [0.1, 0.15) is 5.01 Å². The lowest BCUT2D eigenvalue weighted by Gasteiger charge is -2.04. The van der Waals surface area contributed by atoms with Crippen LogP contribution in [0.1, 0.15) is 28.8 Å². The molecule has 2 N–H and O–H groups in total. The van der Waals surface area contributed by atoms with Gasteiger partial charge in [-0.15, -0.1) is 11.3 Å². The summed E-state index contributed by atoms with van der Waals surface area (Å²) in [4.78, 5) is 23.3. The van der Waals surface area contributed by atoms with Crippen molar-refractivity contribution in [2.75, 3.05) is 0 Å². The fourth-order valence-electron chi connectivity index (χ4n) is 3.44. The number of pyridine rings is 1. The number of aromatic nitrogens is 3. The summed E-state index contributed by atoms with van der Waals surface area (Å²) in [7, 11) is 0. The van der Waals surface area contributed by atoms with Crippen molar-refractivity contribution in [1.82, 2.24) is 15.0 Å². The average molecular weight is 349 g/mol. The van der Waals surface area contributed by atoms with Gasteiger partial charge in [0.2, 0.25) is 0 Å². The smallest absolute Gasteiger partial charge is 0.258 e. The first-order chi connectivity index (χ1) is 12.2. The molecule has 0 unspecified atom stereocenters. The van der Waals surface area contributed by atoms with E-state index in [-0.39, 0.29) is 5.56 Å². The SMILES string of the molecule is C=C/C=C\c1c(-c2csc(-c3c4c(c[nH]c3=O)CCC4)n2)c[nH]c1C. The van der Waals surface area contributed by atoms with Crippen LogP contribution in [-0.2, 0) is 12.8 Å². The summed E-state index contributed by atoms with van der Waals surface area (Å²) in [6.07, 6.45) is 12.6. The topological polar surface area (TPSA) is 61.5 Å². The predicted octanol–water partition coefficient (Wildman–Crippen LogP) is 4.49. The summed E-state index contributed by atoms with van der Waals surface area (Å²) >= 11 is 1.53. The van der Waals surface area contributed by atoms with Crippen LogP contribution in [0.15, 0.2) is 41.3 Å². The summed E-state index contributed by atoms with van der Waals surface area (Å²) < 4.78 is 0. The minimum Gasteiger partial charge on any atom is -0.364 e. The summed E-state index contributed by atoms with van der Waals surface area (Å²) in [5.41, 5.74) is 7.25. The normalized spacial score (nSPS) is 13.5. The van der Waals surface area contributed by atoms with Gasteiger partial charge in [-0.05, 0) is 37.3 Å². The van der Waals surface area contributed by atoms with Gasteiger partial charge in [0.15, 0.2) is 0 Å². The largest absolute Gasteiger partial charge is 0.364 e. The average Bonchev–Trinajstić information content (AvgIpc) is 3.32. The maximum Gasteiger partial charge on any atom is 0.258 e. The van der Waals surface area contributed by atoms with E-state index in [0.29, 0.717) is 0 Å². The first kappa shape index (κ1) is 15.8. The maximum absolute atomic E-state index is 12.4. The predicted molar refractivity (Wildman–Crippen MR) is 104 cm³/mol. The first-order valence-electron chi connectivity index (χ1n) is 8.36.